The standard InChI is InChI=1S/C19H14N6O2S2/c1-2-8-24-17(27)13-5-3-4-6-14(13)25-18(24)22-23-19(25)29-11-15(26)21-16-12(10-20)7-9-28-16/h2-7,9H,1,8,11H2,(H,21,26). The second-order valence-corrected chi connectivity index (χ2v) is 7.81. The van der Waals surface area contributed by atoms with Crippen LogP contribution >= 0.6 is 23.1 Å². The van der Waals surface area contributed by atoms with E-state index in [1.165, 1.54) is 27.7 Å². The van der Waals surface area contributed by atoms with Crippen molar-refractivity contribution in [3.05, 3.63) is 64.3 Å². The lowest BCUT2D eigenvalue weighted by Crippen LogP contribution is -2.22. The fourth-order valence-corrected chi connectivity index (χ4v) is 4.40. The molecule has 0 radical (unpaired) electrons. The molecule has 4 rings (SSSR count). The zero-order valence-corrected chi connectivity index (χ0v) is 16.7. The number of nitriles is 1. The molecule has 29 heavy (non-hydrogen) atoms. The van der Waals surface area contributed by atoms with Gasteiger partial charge in [-0.3, -0.25) is 18.6 Å². The Hall–Kier alpha value is -3.42. The number of hydrogen-bond donors (Lipinski definition) is 1. The molecule has 8 nitrogen and oxygen atoms in total. The maximum absolute atomic E-state index is 12.8. The van der Waals surface area contributed by atoms with E-state index in [4.69, 9.17) is 5.26 Å². The van der Waals surface area contributed by atoms with Gasteiger partial charge in [-0.1, -0.05) is 30.0 Å². The van der Waals surface area contributed by atoms with E-state index in [1.807, 2.05) is 18.2 Å². The van der Waals surface area contributed by atoms with Crippen molar-refractivity contribution in [1.82, 2.24) is 19.2 Å². The number of fused-ring (bicyclic) bond motifs is 3. The third-order valence-corrected chi connectivity index (χ3v) is 5.92. The minimum atomic E-state index is -0.255. The summed E-state index contributed by atoms with van der Waals surface area (Å²) in [5, 5.41) is 23.4. The van der Waals surface area contributed by atoms with Crippen LogP contribution in [0.5, 0.6) is 0 Å². The average molecular weight is 422 g/mol. The molecule has 3 heterocycles. The Labute approximate surface area is 173 Å². The quantitative estimate of drug-likeness (QED) is 0.378. The third kappa shape index (κ3) is 3.41. The molecule has 3 aromatic heterocycles. The van der Waals surface area contributed by atoms with Crippen molar-refractivity contribution in [2.45, 2.75) is 11.7 Å². The van der Waals surface area contributed by atoms with Crippen LogP contribution in [0.4, 0.5) is 5.00 Å². The van der Waals surface area contributed by atoms with Gasteiger partial charge in [-0.25, -0.2) is 0 Å². The molecule has 0 atom stereocenters. The summed E-state index contributed by atoms with van der Waals surface area (Å²) in [6, 6.07) is 10.9. The van der Waals surface area contributed by atoms with E-state index < -0.39 is 0 Å². The van der Waals surface area contributed by atoms with Gasteiger partial charge >= 0.3 is 0 Å². The fraction of sp³-hybridized carbons (Fsp3) is 0.105. The summed E-state index contributed by atoms with van der Waals surface area (Å²) in [7, 11) is 0. The van der Waals surface area contributed by atoms with Crippen molar-refractivity contribution in [3.8, 4) is 6.07 Å². The molecule has 0 fully saturated rings. The molecule has 0 bridgehead atoms. The number of nitrogens with one attached hydrogen (secondary N) is 1. The number of aromatic nitrogens is 4. The average Bonchev–Trinajstić information content (AvgIpc) is 3.36. The number of anilines is 1. The van der Waals surface area contributed by atoms with Gasteiger partial charge in [-0.2, -0.15) is 5.26 Å². The highest BCUT2D eigenvalue weighted by molar-refractivity contribution is 7.99. The number of carbonyl (C=O) groups excluding carboxylic acids is 1. The lowest BCUT2D eigenvalue weighted by Gasteiger charge is -2.09. The highest BCUT2D eigenvalue weighted by atomic mass is 32.2. The first-order valence-electron chi connectivity index (χ1n) is 8.52. The Balaban J connectivity index is 1.68. The van der Waals surface area contributed by atoms with Crippen LogP contribution in [0, 0.1) is 11.3 Å². The Morgan fingerprint density at radius 2 is 2.17 bits per heavy atom. The molecule has 0 aliphatic heterocycles. The molecule has 4 aromatic rings. The number of hydrogen-bond acceptors (Lipinski definition) is 7. The van der Waals surface area contributed by atoms with Crippen LogP contribution in [0.25, 0.3) is 16.7 Å². The van der Waals surface area contributed by atoms with Crippen LogP contribution in [0.15, 0.2) is 58.3 Å². The van der Waals surface area contributed by atoms with Crippen molar-refractivity contribution in [2.75, 3.05) is 11.1 Å². The van der Waals surface area contributed by atoms with Gasteiger partial charge in [0.15, 0.2) is 5.16 Å². The predicted octanol–water partition coefficient (Wildman–Crippen LogP) is 2.89. The van der Waals surface area contributed by atoms with E-state index in [9.17, 15) is 9.59 Å². The SMILES string of the molecule is C=CCn1c(=O)c2ccccc2n2c(SCC(=O)Nc3sccc3C#N)nnc12. The van der Waals surface area contributed by atoms with Gasteiger partial charge in [0.2, 0.25) is 11.7 Å². The number of allylic oxidation sites excluding steroid dienone is 1. The second-order valence-electron chi connectivity index (χ2n) is 5.95. The van der Waals surface area contributed by atoms with E-state index in [-0.39, 0.29) is 17.2 Å². The van der Waals surface area contributed by atoms with Gasteiger partial charge in [0, 0.05) is 6.54 Å². The molecule has 0 spiro atoms. The summed E-state index contributed by atoms with van der Waals surface area (Å²) in [6.07, 6.45) is 1.62. The topological polar surface area (TPSA) is 105 Å². The van der Waals surface area contributed by atoms with Gasteiger partial charge in [-0.15, -0.1) is 28.1 Å². The van der Waals surface area contributed by atoms with Gasteiger partial charge in [-0.05, 0) is 23.6 Å². The predicted molar refractivity (Wildman–Crippen MR) is 113 cm³/mol. The number of nitrogens with zero attached hydrogens (tertiary/aromatic N) is 5. The van der Waals surface area contributed by atoms with Crippen molar-refractivity contribution < 1.29 is 4.79 Å². The molecular weight excluding hydrogens is 408 g/mol. The molecule has 0 unspecified atom stereocenters. The van der Waals surface area contributed by atoms with Crippen molar-refractivity contribution in [2.24, 2.45) is 0 Å². The molecule has 0 saturated heterocycles. The summed E-state index contributed by atoms with van der Waals surface area (Å²) in [4.78, 5) is 25.1. The minimum Gasteiger partial charge on any atom is -0.316 e. The van der Waals surface area contributed by atoms with E-state index in [0.717, 1.165) is 0 Å². The van der Waals surface area contributed by atoms with Crippen LogP contribution < -0.4 is 10.9 Å². The number of benzene rings is 1. The number of thiophene rings is 1. The Bertz CT molecular complexity index is 1340. The molecule has 0 aliphatic carbocycles. The summed E-state index contributed by atoms with van der Waals surface area (Å²) in [5.41, 5.74) is 0.933. The van der Waals surface area contributed by atoms with Crippen LogP contribution in [0.2, 0.25) is 0 Å². The molecule has 1 amide bonds. The van der Waals surface area contributed by atoms with E-state index in [0.29, 0.717) is 38.9 Å². The van der Waals surface area contributed by atoms with Crippen LogP contribution in [-0.2, 0) is 11.3 Å². The number of carbonyl (C=O) groups is 1. The van der Waals surface area contributed by atoms with Gasteiger partial charge in [0.25, 0.3) is 5.56 Å². The van der Waals surface area contributed by atoms with Crippen molar-refractivity contribution in [1.29, 1.82) is 5.26 Å². The highest BCUT2D eigenvalue weighted by Crippen LogP contribution is 2.24. The van der Waals surface area contributed by atoms with Gasteiger partial charge in [0.05, 0.1) is 22.2 Å². The van der Waals surface area contributed by atoms with Crippen molar-refractivity contribution >= 4 is 50.7 Å². The summed E-state index contributed by atoms with van der Waals surface area (Å²) < 4.78 is 3.27. The van der Waals surface area contributed by atoms with Crippen LogP contribution in [0.3, 0.4) is 0 Å². The number of rotatable bonds is 6. The number of thioether (sulfide) groups is 1. The van der Waals surface area contributed by atoms with E-state index in [2.05, 4.69) is 22.1 Å². The first kappa shape index (κ1) is 18.9. The first-order chi connectivity index (χ1) is 14.1. The fourth-order valence-electron chi connectivity index (χ4n) is 2.91. The smallest absolute Gasteiger partial charge is 0.263 e. The Morgan fingerprint density at radius 3 is 2.97 bits per heavy atom. The molecular formula is C19H14N6O2S2. The normalized spacial score (nSPS) is 10.9. The summed E-state index contributed by atoms with van der Waals surface area (Å²) in [6.45, 7) is 4.00. The monoisotopic (exact) mass is 422 g/mol. The maximum atomic E-state index is 12.8. The molecule has 1 aromatic carbocycles. The zero-order chi connectivity index (χ0) is 20.4. The number of amides is 1. The van der Waals surface area contributed by atoms with E-state index >= 15 is 0 Å². The molecule has 10 heteroatoms. The third-order valence-electron chi connectivity index (χ3n) is 4.16. The van der Waals surface area contributed by atoms with Crippen LogP contribution in [0.1, 0.15) is 5.56 Å². The molecule has 144 valence electrons. The zero-order valence-electron chi connectivity index (χ0n) is 15.0. The lowest BCUT2D eigenvalue weighted by atomic mass is 10.2. The Morgan fingerprint density at radius 1 is 1.34 bits per heavy atom. The van der Waals surface area contributed by atoms with Crippen LogP contribution in [-0.4, -0.2) is 30.8 Å². The molecule has 1 N–H and O–H groups in total. The van der Waals surface area contributed by atoms with Gasteiger partial charge < -0.3 is 5.32 Å². The van der Waals surface area contributed by atoms with Gasteiger partial charge in [0.1, 0.15) is 11.1 Å². The number of para-hydroxylation sites is 1. The first-order valence-corrected chi connectivity index (χ1v) is 10.4. The largest absolute Gasteiger partial charge is 0.316 e. The lowest BCUT2D eigenvalue weighted by molar-refractivity contribution is -0.113. The van der Waals surface area contributed by atoms with E-state index in [1.54, 1.807) is 34.1 Å². The summed E-state index contributed by atoms with van der Waals surface area (Å²) >= 11 is 2.50. The Kier molecular flexibility index (Phi) is 5.16. The maximum Gasteiger partial charge on any atom is 0.263 e. The minimum absolute atomic E-state index is 0.0818. The van der Waals surface area contributed by atoms with Crippen molar-refractivity contribution in [3.63, 3.8) is 0 Å². The molecule has 0 saturated carbocycles. The molecule has 0 aliphatic rings. The highest BCUT2D eigenvalue weighted by Gasteiger charge is 2.17. The summed E-state index contributed by atoms with van der Waals surface area (Å²) in [5.74, 6) is 0.217. The second kappa shape index (κ2) is 7.90.